The van der Waals surface area contributed by atoms with E-state index in [-0.39, 0.29) is 12.3 Å². The molecule has 0 aromatic heterocycles. The number of rotatable bonds is 6. The highest BCUT2D eigenvalue weighted by molar-refractivity contribution is 6.05. The van der Waals surface area contributed by atoms with Gasteiger partial charge in [0.15, 0.2) is 0 Å². The molecule has 0 radical (unpaired) electrons. The third-order valence-electron chi connectivity index (χ3n) is 3.16. The molecule has 2 rings (SSSR count). The Morgan fingerprint density at radius 1 is 1.33 bits per heavy atom. The number of benzene rings is 1. The molecule has 1 aromatic rings. The Hall–Kier alpha value is -2.57. The molecule has 1 aromatic carbocycles. The van der Waals surface area contributed by atoms with E-state index in [0.29, 0.717) is 13.0 Å². The zero-order valence-electron chi connectivity index (χ0n) is 11.6. The van der Waals surface area contributed by atoms with Gasteiger partial charge in [0, 0.05) is 6.54 Å². The third-order valence-corrected chi connectivity index (χ3v) is 3.16. The van der Waals surface area contributed by atoms with Crippen molar-refractivity contribution >= 4 is 17.8 Å². The van der Waals surface area contributed by atoms with Crippen LogP contribution in [0.1, 0.15) is 12.0 Å². The van der Waals surface area contributed by atoms with Gasteiger partial charge in [-0.25, -0.2) is 4.79 Å². The number of carbonyl (C=O) groups is 3. The van der Waals surface area contributed by atoms with Gasteiger partial charge in [0.2, 0.25) is 5.91 Å². The summed E-state index contributed by atoms with van der Waals surface area (Å²) in [5.74, 6) is 0.0151. The summed E-state index contributed by atoms with van der Waals surface area (Å²) in [6, 6.07) is 6.21. The molecule has 21 heavy (non-hydrogen) atoms. The Morgan fingerprint density at radius 3 is 2.76 bits per heavy atom. The minimum atomic E-state index is -0.788. The Balaban J connectivity index is 1.77. The lowest BCUT2D eigenvalue weighted by molar-refractivity contribution is -0.126. The standard InChI is InChI=1S/C14H17N3O4/c1-21-11-5-3-2-4-9(11)6-7-15-12(18)8-10-13(19)17-14(20)16-10/h2-5,10H,6-8H2,1H3,(H,15,18)(H2,16,17,19,20). The van der Waals surface area contributed by atoms with E-state index >= 15 is 0 Å². The van der Waals surface area contributed by atoms with Gasteiger partial charge in [-0.15, -0.1) is 0 Å². The zero-order chi connectivity index (χ0) is 15.2. The van der Waals surface area contributed by atoms with Crippen molar-refractivity contribution in [2.45, 2.75) is 18.9 Å². The summed E-state index contributed by atoms with van der Waals surface area (Å²) < 4.78 is 5.22. The van der Waals surface area contributed by atoms with Crippen molar-refractivity contribution < 1.29 is 19.1 Å². The van der Waals surface area contributed by atoms with Crippen molar-refractivity contribution in [1.82, 2.24) is 16.0 Å². The average molecular weight is 291 g/mol. The Morgan fingerprint density at radius 2 is 2.10 bits per heavy atom. The molecule has 3 N–H and O–H groups in total. The lowest BCUT2D eigenvalue weighted by Gasteiger charge is -2.10. The van der Waals surface area contributed by atoms with Gasteiger partial charge in [0.25, 0.3) is 5.91 Å². The van der Waals surface area contributed by atoms with Crippen LogP contribution in [0, 0.1) is 0 Å². The maximum atomic E-state index is 11.7. The van der Waals surface area contributed by atoms with Crippen molar-refractivity contribution in [1.29, 1.82) is 0 Å². The van der Waals surface area contributed by atoms with Crippen LogP contribution in [0.5, 0.6) is 5.75 Å². The van der Waals surface area contributed by atoms with E-state index in [0.717, 1.165) is 11.3 Å². The molecule has 1 aliphatic rings. The van der Waals surface area contributed by atoms with E-state index in [1.54, 1.807) is 7.11 Å². The van der Waals surface area contributed by atoms with Gasteiger partial charge in [0.05, 0.1) is 13.5 Å². The van der Waals surface area contributed by atoms with Crippen molar-refractivity contribution in [3.63, 3.8) is 0 Å². The molecule has 0 bridgehead atoms. The lowest BCUT2D eigenvalue weighted by atomic mass is 10.1. The smallest absolute Gasteiger partial charge is 0.322 e. The van der Waals surface area contributed by atoms with Crippen LogP contribution in [0.4, 0.5) is 4.79 Å². The normalized spacial score (nSPS) is 17.1. The van der Waals surface area contributed by atoms with E-state index in [9.17, 15) is 14.4 Å². The van der Waals surface area contributed by atoms with E-state index in [4.69, 9.17) is 4.74 Å². The molecule has 1 saturated heterocycles. The number of carbonyl (C=O) groups excluding carboxylic acids is 3. The van der Waals surface area contributed by atoms with Crippen LogP contribution in [0.2, 0.25) is 0 Å². The molecule has 1 atom stereocenters. The highest BCUT2D eigenvalue weighted by Gasteiger charge is 2.30. The minimum Gasteiger partial charge on any atom is -0.496 e. The first kappa shape index (κ1) is 14.8. The number of imide groups is 1. The molecule has 7 heteroatoms. The van der Waals surface area contributed by atoms with E-state index in [2.05, 4.69) is 16.0 Å². The largest absolute Gasteiger partial charge is 0.496 e. The summed E-state index contributed by atoms with van der Waals surface area (Å²) >= 11 is 0. The summed E-state index contributed by atoms with van der Waals surface area (Å²) in [6.07, 6.45) is 0.558. The fourth-order valence-corrected chi connectivity index (χ4v) is 2.11. The maximum Gasteiger partial charge on any atom is 0.322 e. The molecule has 112 valence electrons. The Kier molecular flexibility index (Phi) is 4.76. The molecule has 1 aliphatic heterocycles. The van der Waals surface area contributed by atoms with Crippen molar-refractivity contribution in [2.24, 2.45) is 0 Å². The number of methoxy groups -OCH3 is 1. The molecule has 0 saturated carbocycles. The van der Waals surface area contributed by atoms with Crippen molar-refractivity contribution in [3.05, 3.63) is 29.8 Å². The SMILES string of the molecule is COc1ccccc1CCNC(=O)CC1NC(=O)NC1=O. The van der Waals surface area contributed by atoms with Gasteiger partial charge >= 0.3 is 6.03 Å². The maximum absolute atomic E-state index is 11.7. The van der Waals surface area contributed by atoms with E-state index in [1.165, 1.54) is 0 Å². The molecule has 1 unspecified atom stereocenters. The Bertz CT molecular complexity index is 559. The lowest BCUT2D eigenvalue weighted by Crippen LogP contribution is -2.36. The van der Waals surface area contributed by atoms with Crippen LogP contribution in [-0.4, -0.2) is 37.5 Å². The molecule has 1 heterocycles. The summed E-state index contributed by atoms with van der Waals surface area (Å²) in [6.45, 7) is 0.432. The minimum absolute atomic E-state index is 0.0660. The predicted molar refractivity (Wildman–Crippen MR) is 74.8 cm³/mol. The molecular formula is C14H17N3O4. The van der Waals surface area contributed by atoms with Gasteiger partial charge in [-0.2, -0.15) is 0 Å². The molecule has 4 amide bonds. The number of nitrogens with one attached hydrogen (secondary N) is 3. The van der Waals surface area contributed by atoms with E-state index in [1.807, 2.05) is 24.3 Å². The number of urea groups is 1. The second-order valence-electron chi connectivity index (χ2n) is 4.63. The number of hydrogen-bond donors (Lipinski definition) is 3. The van der Waals surface area contributed by atoms with Gasteiger partial charge in [-0.1, -0.05) is 18.2 Å². The van der Waals surface area contributed by atoms with Gasteiger partial charge < -0.3 is 15.4 Å². The first-order valence-corrected chi connectivity index (χ1v) is 6.60. The molecule has 1 fully saturated rings. The van der Waals surface area contributed by atoms with Gasteiger partial charge in [0.1, 0.15) is 11.8 Å². The highest BCUT2D eigenvalue weighted by Crippen LogP contribution is 2.17. The molecule has 0 aliphatic carbocycles. The molecular weight excluding hydrogens is 274 g/mol. The van der Waals surface area contributed by atoms with E-state index < -0.39 is 18.0 Å². The predicted octanol–water partition coefficient (Wildman–Crippen LogP) is -0.0480. The van der Waals surface area contributed by atoms with Crippen molar-refractivity contribution in [3.8, 4) is 5.75 Å². The molecule has 7 nitrogen and oxygen atoms in total. The van der Waals surface area contributed by atoms with Gasteiger partial charge in [-0.3, -0.25) is 14.9 Å². The van der Waals surface area contributed by atoms with Crippen molar-refractivity contribution in [2.75, 3.05) is 13.7 Å². The number of para-hydroxylation sites is 1. The zero-order valence-corrected chi connectivity index (χ0v) is 11.6. The second-order valence-corrected chi connectivity index (χ2v) is 4.63. The van der Waals surface area contributed by atoms with Crippen LogP contribution in [0.15, 0.2) is 24.3 Å². The average Bonchev–Trinajstić information content (AvgIpc) is 2.77. The monoisotopic (exact) mass is 291 g/mol. The fourth-order valence-electron chi connectivity index (χ4n) is 2.11. The number of amides is 4. The summed E-state index contributed by atoms with van der Waals surface area (Å²) in [4.78, 5) is 34.0. The Labute approximate surface area is 122 Å². The molecule has 0 spiro atoms. The summed E-state index contributed by atoms with van der Waals surface area (Å²) in [5.41, 5.74) is 0.993. The topological polar surface area (TPSA) is 96.5 Å². The van der Waals surface area contributed by atoms with Crippen LogP contribution < -0.4 is 20.7 Å². The first-order valence-electron chi connectivity index (χ1n) is 6.60. The number of hydrogen-bond acceptors (Lipinski definition) is 4. The van der Waals surface area contributed by atoms with Crippen LogP contribution in [0.3, 0.4) is 0 Å². The second kappa shape index (κ2) is 6.74. The van der Waals surface area contributed by atoms with Crippen LogP contribution in [-0.2, 0) is 16.0 Å². The third kappa shape index (κ3) is 3.95. The number of ether oxygens (including phenoxy) is 1. The fraction of sp³-hybridized carbons (Fsp3) is 0.357. The van der Waals surface area contributed by atoms with Gasteiger partial charge in [-0.05, 0) is 18.1 Å². The summed E-state index contributed by atoms with van der Waals surface area (Å²) in [5, 5.41) is 7.18. The van der Waals surface area contributed by atoms with Crippen LogP contribution >= 0.6 is 0 Å². The quantitative estimate of drug-likeness (QED) is 0.640. The van der Waals surface area contributed by atoms with Crippen LogP contribution in [0.25, 0.3) is 0 Å². The first-order chi connectivity index (χ1) is 10.1. The summed E-state index contributed by atoms with van der Waals surface area (Å²) in [7, 11) is 1.60. The highest BCUT2D eigenvalue weighted by atomic mass is 16.5.